The van der Waals surface area contributed by atoms with E-state index in [0.29, 0.717) is 19.3 Å². The van der Waals surface area contributed by atoms with Crippen LogP contribution in [-0.4, -0.2) is 73.8 Å². The highest BCUT2D eigenvalue weighted by atomic mass is 16.5. The van der Waals surface area contributed by atoms with Crippen LogP contribution < -0.4 is 0 Å². The fourth-order valence-electron chi connectivity index (χ4n) is 12.4. The van der Waals surface area contributed by atoms with E-state index in [1.165, 1.54) is 5.57 Å². The van der Waals surface area contributed by atoms with E-state index in [1.807, 2.05) is 13.0 Å². The summed E-state index contributed by atoms with van der Waals surface area (Å²) >= 11 is 0. The number of rotatable bonds is 4. The number of hydrogen-bond acceptors (Lipinski definition) is 7. The Hall–Kier alpha value is -1.81. The molecule has 9 nitrogen and oxygen atoms in total. The van der Waals surface area contributed by atoms with Crippen LogP contribution in [0.25, 0.3) is 0 Å². The van der Waals surface area contributed by atoms with Gasteiger partial charge in [0.25, 0.3) is 0 Å². The summed E-state index contributed by atoms with van der Waals surface area (Å²) < 4.78 is 6.53. The number of carbonyl (C=O) groups excluding carboxylic acids is 1. The minimum atomic E-state index is -1.61. The summed E-state index contributed by atoms with van der Waals surface area (Å²) in [6.45, 7) is 15.5. The average molecular weight is 645 g/mol. The number of ketones is 1. The molecule has 0 aromatic rings. The van der Waals surface area contributed by atoms with E-state index in [9.17, 15) is 39.9 Å². The van der Waals surface area contributed by atoms with Crippen LogP contribution in [0.4, 0.5) is 0 Å². The third-order valence-corrected chi connectivity index (χ3v) is 15.7. The van der Waals surface area contributed by atoms with E-state index in [-0.39, 0.29) is 57.7 Å². The fraction of sp³-hybridized carbons (Fsp3) is 0.865. The Labute approximate surface area is 273 Å². The first-order chi connectivity index (χ1) is 21.2. The summed E-state index contributed by atoms with van der Waals surface area (Å²) in [5, 5.41) is 51.4. The molecule has 5 N–H and O–H groups in total. The van der Waals surface area contributed by atoms with Crippen molar-refractivity contribution >= 4 is 17.7 Å². The van der Waals surface area contributed by atoms with E-state index in [0.717, 1.165) is 38.5 Å². The molecule has 0 aromatic carbocycles. The van der Waals surface area contributed by atoms with Crippen LogP contribution in [0.15, 0.2) is 11.6 Å². The second kappa shape index (κ2) is 10.6. The molecule has 5 fully saturated rings. The lowest BCUT2D eigenvalue weighted by molar-refractivity contribution is -0.240. The molecule has 6 aliphatic rings. The number of hydrogen-bond donors (Lipinski definition) is 5. The Morgan fingerprint density at radius 3 is 2.11 bits per heavy atom. The van der Waals surface area contributed by atoms with Gasteiger partial charge in [0.2, 0.25) is 0 Å². The van der Waals surface area contributed by atoms with Crippen molar-refractivity contribution in [1.29, 1.82) is 0 Å². The number of carboxylic acids is 2. The lowest BCUT2D eigenvalue weighted by Gasteiger charge is -2.70. The van der Waals surface area contributed by atoms with Gasteiger partial charge in [-0.2, -0.15) is 0 Å². The van der Waals surface area contributed by atoms with Crippen molar-refractivity contribution in [3.05, 3.63) is 11.6 Å². The SMILES string of the molecule is CC1(C)C2CC[C@]3(C)C(C(=O)C=C4C5C[C@@](C)(C(=O)O)CC[C@]5(C)CC[C@]43C)[C@@]2(C)CC[C@@H]1O[C@@H]1C[C@H](C(=O)O)[C@@H](O)[C@H](O)[C@H]1O. The summed E-state index contributed by atoms with van der Waals surface area (Å²) in [6, 6.07) is 0. The van der Waals surface area contributed by atoms with Gasteiger partial charge < -0.3 is 30.3 Å². The normalized spacial score (nSPS) is 53.1. The summed E-state index contributed by atoms with van der Waals surface area (Å²) in [5.74, 6) is -3.02. The maximum absolute atomic E-state index is 14.6. The largest absolute Gasteiger partial charge is 0.481 e. The third kappa shape index (κ3) is 4.50. The van der Waals surface area contributed by atoms with Gasteiger partial charge in [-0.25, -0.2) is 0 Å². The molecule has 0 bridgehead atoms. The molecule has 0 radical (unpaired) electrons. The summed E-state index contributed by atoms with van der Waals surface area (Å²) in [5.41, 5.74) is -0.822. The lowest BCUT2D eigenvalue weighted by Crippen LogP contribution is -2.67. The average Bonchev–Trinajstić information content (AvgIpc) is 2.96. The number of aliphatic hydroxyl groups excluding tert-OH is 3. The van der Waals surface area contributed by atoms with Crippen LogP contribution in [0, 0.1) is 56.2 Å². The zero-order chi connectivity index (χ0) is 34.0. The van der Waals surface area contributed by atoms with Crippen LogP contribution in [0.3, 0.4) is 0 Å². The van der Waals surface area contributed by atoms with Gasteiger partial charge in [0.1, 0.15) is 12.2 Å². The van der Waals surface area contributed by atoms with Crippen molar-refractivity contribution in [2.24, 2.45) is 56.2 Å². The number of allylic oxidation sites excluding steroid dienone is 2. The number of aliphatic carboxylic acids is 2. The van der Waals surface area contributed by atoms with Gasteiger partial charge in [0.15, 0.2) is 5.78 Å². The van der Waals surface area contributed by atoms with Crippen LogP contribution in [0.5, 0.6) is 0 Å². The van der Waals surface area contributed by atoms with E-state index in [4.69, 9.17) is 4.74 Å². The van der Waals surface area contributed by atoms with Gasteiger partial charge in [-0.1, -0.05) is 47.1 Å². The first-order valence-corrected chi connectivity index (χ1v) is 17.6. The number of ether oxygens (including phenoxy) is 1. The van der Waals surface area contributed by atoms with Crippen LogP contribution in [0.1, 0.15) is 113 Å². The molecule has 14 atom stereocenters. The van der Waals surface area contributed by atoms with Crippen molar-refractivity contribution < 1.29 is 44.7 Å². The quantitative estimate of drug-likeness (QED) is 0.284. The number of carbonyl (C=O) groups is 3. The Bertz CT molecular complexity index is 1340. The van der Waals surface area contributed by atoms with Crippen LogP contribution >= 0.6 is 0 Å². The molecule has 46 heavy (non-hydrogen) atoms. The number of aliphatic hydroxyl groups is 3. The van der Waals surface area contributed by atoms with Crippen molar-refractivity contribution in [1.82, 2.24) is 0 Å². The zero-order valence-corrected chi connectivity index (χ0v) is 28.7. The predicted molar refractivity (Wildman–Crippen MR) is 169 cm³/mol. The summed E-state index contributed by atoms with van der Waals surface area (Å²) in [7, 11) is 0. The highest BCUT2D eigenvalue weighted by Gasteiger charge is 2.70. The molecule has 6 aliphatic carbocycles. The fourth-order valence-corrected chi connectivity index (χ4v) is 12.4. The highest BCUT2D eigenvalue weighted by molar-refractivity contribution is 5.95. The summed E-state index contributed by atoms with van der Waals surface area (Å²) in [4.78, 5) is 38.8. The van der Waals surface area contributed by atoms with Crippen molar-refractivity contribution in [2.45, 2.75) is 143 Å². The monoisotopic (exact) mass is 644 g/mol. The molecule has 0 spiro atoms. The first kappa shape index (κ1) is 34.1. The molecule has 5 saturated carbocycles. The maximum Gasteiger partial charge on any atom is 0.309 e. The minimum Gasteiger partial charge on any atom is -0.481 e. The van der Waals surface area contributed by atoms with Crippen LogP contribution in [-0.2, 0) is 19.1 Å². The minimum absolute atomic E-state index is 0.00474. The van der Waals surface area contributed by atoms with Crippen LogP contribution in [0.2, 0.25) is 0 Å². The lowest BCUT2D eigenvalue weighted by atomic mass is 9.33. The summed E-state index contributed by atoms with van der Waals surface area (Å²) in [6.07, 6.45) is 3.31. The zero-order valence-electron chi connectivity index (χ0n) is 28.7. The van der Waals surface area contributed by atoms with Crippen molar-refractivity contribution in [3.63, 3.8) is 0 Å². The molecule has 3 unspecified atom stereocenters. The van der Waals surface area contributed by atoms with Crippen molar-refractivity contribution in [3.8, 4) is 0 Å². The molecule has 6 rings (SSSR count). The standard InChI is InChI=1S/C37H56O9/c1-32(2)24-8-11-37(7)29(35(24,5)10-9-25(32)46-23-16-19(30(42)43)26(39)28(41)27(23)40)22(38)17-20-21-18-34(4,31(44)45)13-12-33(21,3)14-15-36(20,37)6/h17,19,21,23-29,39-41H,8-16,18H2,1-7H3,(H,42,43)(H,44,45)/t19-,21?,23+,24?,25-,26+,27-,28-,29?,33+,34-,35-,36+,37+/m0/s1. The molecule has 0 aromatic heterocycles. The molecule has 0 saturated heterocycles. The Morgan fingerprint density at radius 1 is 0.826 bits per heavy atom. The van der Waals surface area contributed by atoms with E-state index < -0.39 is 53.1 Å². The second-order valence-electron chi connectivity index (χ2n) is 18.2. The molecule has 9 heteroatoms. The molecular formula is C37H56O9. The molecule has 0 amide bonds. The predicted octanol–water partition coefficient (Wildman–Crippen LogP) is 4.99. The van der Waals surface area contributed by atoms with Gasteiger partial charge in [-0.3, -0.25) is 14.4 Å². The van der Waals surface area contributed by atoms with E-state index in [1.54, 1.807) is 0 Å². The second-order valence-corrected chi connectivity index (χ2v) is 18.2. The topological polar surface area (TPSA) is 162 Å². The molecular weight excluding hydrogens is 588 g/mol. The number of carboxylic acid groups (broad SMARTS) is 2. The Balaban J connectivity index is 1.31. The smallest absolute Gasteiger partial charge is 0.309 e. The third-order valence-electron chi connectivity index (χ3n) is 15.7. The van der Waals surface area contributed by atoms with Gasteiger partial charge in [0, 0.05) is 5.92 Å². The highest BCUT2D eigenvalue weighted by Crippen LogP contribution is 2.75. The number of fused-ring (bicyclic) bond motifs is 7. The van der Waals surface area contributed by atoms with Gasteiger partial charge >= 0.3 is 11.9 Å². The first-order valence-electron chi connectivity index (χ1n) is 17.6. The Kier molecular flexibility index (Phi) is 7.85. The van der Waals surface area contributed by atoms with Gasteiger partial charge in [-0.05, 0) is 116 Å². The molecule has 0 aliphatic heterocycles. The van der Waals surface area contributed by atoms with E-state index in [2.05, 4.69) is 41.5 Å². The van der Waals surface area contributed by atoms with E-state index >= 15 is 0 Å². The molecule has 0 heterocycles. The van der Waals surface area contributed by atoms with Gasteiger partial charge in [0.05, 0.1) is 29.6 Å². The Morgan fingerprint density at radius 2 is 1.48 bits per heavy atom. The van der Waals surface area contributed by atoms with Crippen molar-refractivity contribution in [2.75, 3.05) is 0 Å². The molecule has 258 valence electrons. The maximum atomic E-state index is 14.6. The van der Waals surface area contributed by atoms with Gasteiger partial charge in [-0.15, -0.1) is 0 Å².